The quantitative estimate of drug-likeness (QED) is 0.572. The number of carbonyl (C=O) groups excluding carboxylic acids is 1. The minimum Gasteiger partial charge on any atom is -0.465 e. The molecule has 2 rings (SSSR count). The monoisotopic (exact) mass is 414 g/mol. The maximum Gasteiger partial charge on any atom is 0.339 e. The van der Waals surface area contributed by atoms with Gasteiger partial charge in [0.1, 0.15) is 11.9 Å². The van der Waals surface area contributed by atoms with Crippen molar-refractivity contribution >= 4 is 28.6 Å². The van der Waals surface area contributed by atoms with E-state index < -0.39 is 23.3 Å². The van der Waals surface area contributed by atoms with Gasteiger partial charge in [-0.3, -0.25) is 0 Å². The Labute approximate surface area is 138 Å². The molecule has 112 valence electrons. The zero-order valence-corrected chi connectivity index (χ0v) is 13.5. The average Bonchev–Trinajstić information content (AvgIpc) is 2.50. The highest BCUT2D eigenvalue weighted by atomic mass is 127. The van der Waals surface area contributed by atoms with Crippen LogP contribution in [0.4, 0.5) is 8.78 Å². The lowest BCUT2D eigenvalue weighted by molar-refractivity contribution is 0.0598. The zero-order valence-electron chi connectivity index (χ0n) is 11.4. The van der Waals surface area contributed by atoms with Crippen molar-refractivity contribution in [1.82, 2.24) is 4.98 Å². The van der Waals surface area contributed by atoms with Gasteiger partial charge < -0.3 is 4.74 Å². The summed E-state index contributed by atoms with van der Waals surface area (Å²) in [4.78, 5) is 15.5. The summed E-state index contributed by atoms with van der Waals surface area (Å²) in [5, 5.41) is 8.84. The van der Waals surface area contributed by atoms with Crippen LogP contribution in [0.15, 0.2) is 24.3 Å². The summed E-state index contributed by atoms with van der Waals surface area (Å²) in [5.41, 5.74) is -0.205. The number of methoxy groups -OCH3 is 1. The highest BCUT2D eigenvalue weighted by Crippen LogP contribution is 2.20. The molecule has 0 aliphatic rings. The first kappa shape index (κ1) is 16.3. The fourth-order valence-corrected chi connectivity index (χ4v) is 2.33. The van der Waals surface area contributed by atoms with E-state index in [0.717, 1.165) is 16.7 Å². The lowest BCUT2D eigenvalue weighted by Gasteiger charge is -2.09. The molecular formula is C15H9F2IN2O2. The highest BCUT2D eigenvalue weighted by Gasteiger charge is 2.19. The third-order valence-corrected chi connectivity index (χ3v) is 3.61. The van der Waals surface area contributed by atoms with Gasteiger partial charge in [-0.2, -0.15) is 5.26 Å². The Morgan fingerprint density at radius 1 is 1.36 bits per heavy atom. The van der Waals surface area contributed by atoms with Crippen molar-refractivity contribution in [2.24, 2.45) is 0 Å². The van der Waals surface area contributed by atoms with Gasteiger partial charge in [-0.1, -0.05) is 6.07 Å². The molecule has 0 N–H and O–H groups in total. The van der Waals surface area contributed by atoms with E-state index >= 15 is 0 Å². The zero-order chi connectivity index (χ0) is 16.3. The van der Waals surface area contributed by atoms with Crippen molar-refractivity contribution in [2.45, 2.75) is 6.42 Å². The average molecular weight is 414 g/mol. The molecule has 0 saturated carbocycles. The molecule has 1 heterocycles. The first-order valence-corrected chi connectivity index (χ1v) is 7.16. The van der Waals surface area contributed by atoms with E-state index in [1.54, 1.807) is 18.2 Å². The summed E-state index contributed by atoms with van der Waals surface area (Å²) in [6.45, 7) is 0. The Bertz CT molecular complexity index is 788. The van der Waals surface area contributed by atoms with E-state index in [9.17, 15) is 13.6 Å². The maximum atomic E-state index is 13.9. The van der Waals surface area contributed by atoms with Crippen molar-refractivity contribution in [3.8, 4) is 6.07 Å². The summed E-state index contributed by atoms with van der Waals surface area (Å²) in [6.07, 6.45) is -0.0534. The molecule has 1 aromatic carbocycles. The number of esters is 1. The number of nitrogens with zero attached hydrogens (tertiary/aromatic N) is 2. The number of hydrogen-bond donors (Lipinski definition) is 0. The second kappa shape index (κ2) is 6.79. The molecule has 1 aromatic heterocycles. The van der Waals surface area contributed by atoms with Crippen LogP contribution in [0, 0.1) is 26.5 Å². The standard InChI is InChI=1S/C15H9F2IN2O2/c1-22-15(21)10-6-12(17)14(7-19)20-13(10)4-8-2-3-9(18)5-11(8)16/h2-3,5-6H,4H2,1H3. The van der Waals surface area contributed by atoms with E-state index in [1.807, 2.05) is 22.6 Å². The Hall–Kier alpha value is -2.08. The molecule has 0 spiro atoms. The van der Waals surface area contributed by atoms with E-state index in [0.29, 0.717) is 0 Å². The Balaban J connectivity index is 2.53. The molecule has 0 fully saturated rings. The van der Waals surface area contributed by atoms with E-state index in [-0.39, 0.29) is 23.2 Å². The fourth-order valence-electron chi connectivity index (χ4n) is 1.87. The molecule has 0 radical (unpaired) electrons. The Kier molecular flexibility index (Phi) is 5.03. The molecule has 0 saturated heterocycles. The van der Waals surface area contributed by atoms with Crippen LogP contribution in [0.1, 0.15) is 27.3 Å². The van der Waals surface area contributed by atoms with Crippen LogP contribution in [0.25, 0.3) is 0 Å². The number of hydrogen-bond acceptors (Lipinski definition) is 4. The smallest absolute Gasteiger partial charge is 0.339 e. The van der Waals surface area contributed by atoms with E-state index in [4.69, 9.17) is 5.26 Å². The van der Waals surface area contributed by atoms with Gasteiger partial charge >= 0.3 is 5.97 Å². The number of nitriles is 1. The minimum atomic E-state index is -0.922. The summed E-state index contributed by atoms with van der Waals surface area (Å²) in [5.74, 6) is -2.18. The molecule has 0 bridgehead atoms. The molecule has 2 aromatic rings. The minimum absolute atomic E-state index is 0.0534. The van der Waals surface area contributed by atoms with Gasteiger partial charge in [0.2, 0.25) is 0 Å². The molecule has 0 unspecified atom stereocenters. The van der Waals surface area contributed by atoms with Crippen LogP contribution in [0.2, 0.25) is 0 Å². The lowest BCUT2D eigenvalue weighted by Crippen LogP contribution is -2.11. The van der Waals surface area contributed by atoms with Gasteiger partial charge in [0.25, 0.3) is 0 Å². The van der Waals surface area contributed by atoms with Crippen LogP contribution in [-0.2, 0) is 11.2 Å². The number of benzene rings is 1. The van der Waals surface area contributed by atoms with Crippen LogP contribution in [0.5, 0.6) is 0 Å². The normalized spacial score (nSPS) is 10.1. The van der Waals surface area contributed by atoms with Crippen molar-refractivity contribution in [1.29, 1.82) is 5.26 Å². The summed E-state index contributed by atoms with van der Waals surface area (Å²) >= 11 is 1.97. The molecule has 0 aliphatic heterocycles. The fraction of sp³-hybridized carbons (Fsp3) is 0.133. The summed E-state index contributed by atoms with van der Waals surface area (Å²) < 4.78 is 32.8. The SMILES string of the molecule is COC(=O)c1cc(F)c(C#N)nc1Cc1ccc(I)cc1F. The van der Waals surface area contributed by atoms with Gasteiger partial charge in [0.15, 0.2) is 11.5 Å². The first-order chi connectivity index (χ1) is 10.5. The summed E-state index contributed by atoms with van der Waals surface area (Å²) in [6, 6.07) is 7.07. The van der Waals surface area contributed by atoms with Crippen LogP contribution < -0.4 is 0 Å². The lowest BCUT2D eigenvalue weighted by atomic mass is 10.0. The number of halogens is 3. The number of carbonyl (C=O) groups is 1. The van der Waals surface area contributed by atoms with Gasteiger partial charge in [-0.25, -0.2) is 18.6 Å². The van der Waals surface area contributed by atoms with Gasteiger partial charge in [0, 0.05) is 9.99 Å². The molecule has 0 aliphatic carbocycles. The van der Waals surface area contributed by atoms with E-state index in [1.165, 1.54) is 6.07 Å². The third kappa shape index (κ3) is 3.39. The second-order valence-corrected chi connectivity index (χ2v) is 5.57. The topological polar surface area (TPSA) is 63.0 Å². The number of ether oxygens (including phenoxy) is 1. The molecule has 22 heavy (non-hydrogen) atoms. The second-order valence-electron chi connectivity index (χ2n) is 4.33. The maximum absolute atomic E-state index is 13.9. The molecular weight excluding hydrogens is 405 g/mol. The number of rotatable bonds is 3. The van der Waals surface area contributed by atoms with Crippen molar-refractivity contribution < 1.29 is 18.3 Å². The number of pyridine rings is 1. The predicted molar refractivity (Wildman–Crippen MR) is 82.2 cm³/mol. The molecule has 0 amide bonds. The van der Waals surface area contributed by atoms with Gasteiger partial charge in [-0.15, -0.1) is 0 Å². The van der Waals surface area contributed by atoms with Crippen LogP contribution in [-0.4, -0.2) is 18.1 Å². The van der Waals surface area contributed by atoms with Gasteiger partial charge in [-0.05, 0) is 46.4 Å². The molecule has 0 atom stereocenters. The summed E-state index contributed by atoms with van der Waals surface area (Å²) in [7, 11) is 1.15. The van der Waals surface area contributed by atoms with Crippen molar-refractivity contribution in [3.05, 3.63) is 62.0 Å². The Morgan fingerprint density at radius 3 is 2.68 bits per heavy atom. The number of aromatic nitrogens is 1. The Morgan fingerprint density at radius 2 is 2.09 bits per heavy atom. The third-order valence-electron chi connectivity index (χ3n) is 2.94. The molecule has 4 nitrogen and oxygen atoms in total. The predicted octanol–water partition coefficient (Wildman–Crippen LogP) is 3.21. The van der Waals surface area contributed by atoms with Crippen molar-refractivity contribution in [3.63, 3.8) is 0 Å². The first-order valence-electron chi connectivity index (χ1n) is 6.08. The van der Waals surface area contributed by atoms with Crippen molar-refractivity contribution in [2.75, 3.05) is 7.11 Å². The highest BCUT2D eigenvalue weighted by molar-refractivity contribution is 14.1. The van der Waals surface area contributed by atoms with E-state index in [2.05, 4.69) is 9.72 Å². The largest absolute Gasteiger partial charge is 0.465 e. The molecule has 7 heteroatoms. The van der Waals surface area contributed by atoms with Crippen LogP contribution in [0.3, 0.4) is 0 Å². The van der Waals surface area contributed by atoms with Gasteiger partial charge in [0.05, 0.1) is 18.4 Å². The van der Waals surface area contributed by atoms with Crippen LogP contribution >= 0.6 is 22.6 Å².